The topological polar surface area (TPSA) is 137 Å². The Morgan fingerprint density at radius 1 is 0.775 bits per heavy atom. The first-order valence-corrected chi connectivity index (χ1v) is 14.3. The molecule has 40 heavy (non-hydrogen) atoms. The molecule has 0 saturated carbocycles. The summed E-state index contributed by atoms with van der Waals surface area (Å²) in [6, 6.07) is 3.64. The van der Waals surface area contributed by atoms with Crippen molar-refractivity contribution in [2.75, 3.05) is 6.54 Å². The average Bonchev–Trinajstić information content (AvgIpc) is 2.87. The Morgan fingerprint density at radius 2 is 1.30 bits per heavy atom. The number of esters is 2. The number of benzene rings is 1. The van der Waals surface area contributed by atoms with Crippen LogP contribution in [0.1, 0.15) is 92.6 Å². The Bertz CT molecular complexity index is 964. The number of aliphatic carboxylic acids is 1. The van der Waals surface area contributed by atoms with Crippen LogP contribution >= 0.6 is 0 Å². The molecule has 226 valence electrons. The van der Waals surface area contributed by atoms with Crippen LogP contribution in [0.2, 0.25) is 0 Å². The summed E-state index contributed by atoms with van der Waals surface area (Å²) in [7, 11) is 0. The van der Waals surface area contributed by atoms with Crippen molar-refractivity contribution in [3.05, 3.63) is 23.8 Å². The van der Waals surface area contributed by atoms with Crippen LogP contribution in [0.25, 0.3) is 0 Å². The van der Waals surface area contributed by atoms with Crippen molar-refractivity contribution >= 4 is 24.1 Å². The number of carboxylic acids is 1. The molecule has 10 heteroatoms. The van der Waals surface area contributed by atoms with E-state index in [4.69, 9.17) is 18.9 Å². The average molecular weight is 566 g/mol. The van der Waals surface area contributed by atoms with E-state index >= 15 is 0 Å². The predicted molar refractivity (Wildman–Crippen MR) is 150 cm³/mol. The zero-order valence-corrected chi connectivity index (χ0v) is 25.0. The van der Waals surface area contributed by atoms with Crippen LogP contribution in [-0.4, -0.2) is 54.0 Å². The van der Waals surface area contributed by atoms with E-state index < -0.39 is 36.2 Å². The van der Waals surface area contributed by atoms with Gasteiger partial charge in [-0.1, -0.05) is 59.9 Å². The second-order valence-corrected chi connectivity index (χ2v) is 10.4. The van der Waals surface area contributed by atoms with Gasteiger partial charge in [0, 0.05) is 6.54 Å². The molecule has 5 atom stereocenters. The van der Waals surface area contributed by atoms with Crippen LogP contribution in [0, 0.1) is 11.8 Å². The van der Waals surface area contributed by atoms with Crippen LogP contribution in [0.4, 0.5) is 4.79 Å². The Balaban J connectivity index is 3.00. The number of nitrogens with one attached hydrogen (secondary N) is 1. The molecule has 4 unspecified atom stereocenters. The predicted octanol–water partition coefficient (Wildman–Crippen LogP) is 5.69. The van der Waals surface area contributed by atoms with Crippen molar-refractivity contribution in [3.8, 4) is 11.5 Å². The molecule has 0 fully saturated rings. The standard InChI is InChI=1S/C30H47NO9/c1-8-11-19(4)28(34)39-25-15-14-23(17-26(25)40-29(35)20(5)12-9-2)16-24(27(32)33)31-18-22(7)38-30(36)37-21(6)13-10-3/h14-15,17,19-22,24,31H,8-13,16,18H2,1-7H3,(H,32,33)/t19?,20?,21?,22?,24-/m0/s1. The largest absolute Gasteiger partial charge is 0.508 e. The van der Waals surface area contributed by atoms with E-state index in [0.29, 0.717) is 24.8 Å². The van der Waals surface area contributed by atoms with Gasteiger partial charge in [0.25, 0.3) is 0 Å². The maximum atomic E-state index is 12.7. The highest BCUT2D eigenvalue weighted by molar-refractivity contribution is 5.78. The van der Waals surface area contributed by atoms with E-state index in [1.54, 1.807) is 33.8 Å². The molecule has 0 aromatic heterocycles. The lowest BCUT2D eigenvalue weighted by molar-refractivity contribution is -0.141. The van der Waals surface area contributed by atoms with Crippen molar-refractivity contribution in [2.24, 2.45) is 11.8 Å². The lowest BCUT2D eigenvalue weighted by atomic mass is 10.0. The Morgan fingerprint density at radius 3 is 1.82 bits per heavy atom. The summed E-state index contributed by atoms with van der Waals surface area (Å²) >= 11 is 0. The van der Waals surface area contributed by atoms with Crippen LogP contribution in [0.15, 0.2) is 18.2 Å². The third kappa shape index (κ3) is 12.8. The first-order valence-electron chi connectivity index (χ1n) is 14.3. The number of carbonyl (C=O) groups is 4. The van der Waals surface area contributed by atoms with Crippen molar-refractivity contribution in [1.29, 1.82) is 0 Å². The molecule has 1 rings (SSSR count). The molecule has 0 aliphatic carbocycles. The molecule has 1 aromatic carbocycles. The number of hydrogen-bond acceptors (Lipinski definition) is 9. The molecular formula is C30H47NO9. The van der Waals surface area contributed by atoms with Crippen LogP contribution in [-0.2, 0) is 30.3 Å². The van der Waals surface area contributed by atoms with E-state index in [1.165, 1.54) is 12.1 Å². The Labute approximate surface area is 238 Å². The van der Waals surface area contributed by atoms with Gasteiger partial charge in [0.1, 0.15) is 18.2 Å². The van der Waals surface area contributed by atoms with Crippen molar-refractivity contribution in [2.45, 2.75) is 112 Å². The summed E-state index contributed by atoms with van der Waals surface area (Å²) in [5.41, 5.74) is 0.550. The molecule has 0 radical (unpaired) electrons. The molecule has 0 heterocycles. The number of rotatable bonds is 18. The van der Waals surface area contributed by atoms with E-state index in [1.807, 2.05) is 20.8 Å². The number of ether oxygens (including phenoxy) is 4. The summed E-state index contributed by atoms with van der Waals surface area (Å²) in [5, 5.41) is 12.7. The summed E-state index contributed by atoms with van der Waals surface area (Å²) in [6.45, 7) is 13.0. The highest BCUT2D eigenvalue weighted by atomic mass is 16.7. The van der Waals surface area contributed by atoms with Crippen LogP contribution in [0.3, 0.4) is 0 Å². The summed E-state index contributed by atoms with van der Waals surface area (Å²) < 4.78 is 21.6. The van der Waals surface area contributed by atoms with Gasteiger partial charge in [0.05, 0.1) is 11.8 Å². The summed E-state index contributed by atoms with van der Waals surface area (Å²) in [5.74, 6) is -2.52. The highest BCUT2D eigenvalue weighted by Gasteiger charge is 2.24. The zero-order chi connectivity index (χ0) is 30.2. The maximum absolute atomic E-state index is 12.7. The van der Waals surface area contributed by atoms with Crippen LogP contribution < -0.4 is 14.8 Å². The van der Waals surface area contributed by atoms with Gasteiger partial charge in [0.15, 0.2) is 11.5 Å². The molecule has 0 amide bonds. The normalized spacial score (nSPS) is 14.8. The van der Waals surface area contributed by atoms with E-state index in [-0.39, 0.29) is 42.4 Å². The monoisotopic (exact) mass is 565 g/mol. The first kappa shape index (κ1) is 34.9. The molecule has 0 aliphatic heterocycles. The molecular weight excluding hydrogens is 518 g/mol. The van der Waals surface area contributed by atoms with Gasteiger partial charge in [-0.2, -0.15) is 0 Å². The molecule has 0 aliphatic rings. The fourth-order valence-corrected chi connectivity index (χ4v) is 4.02. The lowest BCUT2D eigenvalue weighted by Gasteiger charge is -2.20. The van der Waals surface area contributed by atoms with Gasteiger partial charge in [-0.25, -0.2) is 4.79 Å². The molecule has 1 aromatic rings. The van der Waals surface area contributed by atoms with Gasteiger partial charge >= 0.3 is 24.1 Å². The molecule has 0 saturated heterocycles. The minimum Gasteiger partial charge on any atom is -0.480 e. The van der Waals surface area contributed by atoms with Gasteiger partial charge < -0.3 is 29.4 Å². The smallest absolute Gasteiger partial charge is 0.480 e. The second-order valence-electron chi connectivity index (χ2n) is 10.4. The SMILES string of the molecule is CCCC(C)OC(=O)OC(C)CN[C@@H](Cc1ccc(OC(=O)C(C)CCC)c(OC(=O)C(C)CCC)c1)C(=O)O. The van der Waals surface area contributed by atoms with Gasteiger partial charge in [0.2, 0.25) is 0 Å². The van der Waals surface area contributed by atoms with Crippen molar-refractivity contribution in [3.63, 3.8) is 0 Å². The van der Waals surface area contributed by atoms with Gasteiger partial charge in [-0.05, 0) is 57.2 Å². The quantitative estimate of drug-likeness (QED) is 0.169. The highest BCUT2D eigenvalue weighted by Crippen LogP contribution is 2.31. The fraction of sp³-hybridized carbons (Fsp3) is 0.667. The van der Waals surface area contributed by atoms with E-state index in [9.17, 15) is 24.3 Å². The first-order chi connectivity index (χ1) is 18.9. The Kier molecular flexibility index (Phi) is 15.9. The number of carboxylic acid groups (broad SMARTS) is 1. The van der Waals surface area contributed by atoms with Crippen molar-refractivity contribution in [1.82, 2.24) is 5.32 Å². The summed E-state index contributed by atoms with van der Waals surface area (Å²) in [4.78, 5) is 49.1. The van der Waals surface area contributed by atoms with Crippen LogP contribution in [0.5, 0.6) is 11.5 Å². The van der Waals surface area contributed by atoms with E-state index in [2.05, 4.69) is 5.32 Å². The van der Waals surface area contributed by atoms with Gasteiger partial charge in [-0.15, -0.1) is 0 Å². The molecule has 0 bridgehead atoms. The zero-order valence-electron chi connectivity index (χ0n) is 25.0. The second kappa shape index (κ2) is 18.3. The van der Waals surface area contributed by atoms with Gasteiger partial charge in [-0.3, -0.25) is 14.4 Å². The lowest BCUT2D eigenvalue weighted by Crippen LogP contribution is -2.42. The maximum Gasteiger partial charge on any atom is 0.508 e. The van der Waals surface area contributed by atoms with Crippen molar-refractivity contribution < 1.29 is 43.2 Å². The Hall–Kier alpha value is -3.14. The summed E-state index contributed by atoms with van der Waals surface area (Å²) in [6.07, 6.45) is 2.83. The fourth-order valence-electron chi connectivity index (χ4n) is 4.02. The third-order valence-electron chi connectivity index (χ3n) is 6.36. The molecule has 0 spiro atoms. The van der Waals surface area contributed by atoms with E-state index in [0.717, 1.165) is 19.3 Å². The molecule has 10 nitrogen and oxygen atoms in total. The minimum absolute atomic E-state index is 0.0373. The number of hydrogen-bond donors (Lipinski definition) is 2. The molecule has 2 N–H and O–H groups in total. The third-order valence-corrected chi connectivity index (χ3v) is 6.36. The minimum atomic E-state index is -1.11. The number of carbonyl (C=O) groups excluding carboxylic acids is 3.